The first-order chi connectivity index (χ1) is 5.61. The highest BCUT2D eigenvalue weighted by molar-refractivity contribution is 5.87. The van der Waals surface area contributed by atoms with E-state index in [1.165, 1.54) is 0 Å². The molecule has 0 spiro atoms. The average Bonchev–Trinajstić information content (AvgIpc) is 2.60. The minimum Gasteiger partial charge on any atom is -0.387 e. The van der Waals surface area contributed by atoms with Crippen LogP contribution in [0.2, 0.25) is 0 Å². The van der Waals surface area contributed by atoms with E-state index in [0.29, 0.717) is 17.7 Å². The summed E-state index contributed by atoms with van der Waals surface area (Å²) in [6, 6.07) is 0.103. The van der Waals surface area contributed by atoms with Crippen LogP contribution in [0.5, 0.6) is 0 Å². The standard InChI is InChI=1S/C8H13N3O.ClH/c1-3-2-4(9)11-7-5(3)6(7)8(10)12;/h3,5-7H,2H2,1H3,(H2,9,11)(H2,10,12);1H/t3-,5-,6-,7-;/m1./s1. The molecule has 0 bridgehead atoms. The van der Waals surface area contributed by atoms with Crippen LogP contribution in [-0.4, -0.2) is 17.8 Å². The van der Waals surface area contributed by atoms with E-state index in [1.807, 2.05) is 0 Å². The van der Waals surface area contributed by atoms with Crippen molar-refractivity contribution in [3.05, 3.63) is 0 Å². The first kappa shape index (κ1) is 10.3. The molecule has 0 unspecified atom stereocenters. The third kappa shape index (κ3) is 1.50. The van der Waals surface area contributed by atoms with Gasteiger partial charge in [0.1, 0.15) is 0 Å². The van der Waals surface area contributed by atoms with Gasteiger partial charge in [-0.05, 0) is 11.8 Å². The van der Waals surface area contributed by atoms with Crippen LogP contribution in [0.25, 0.3) is 0 Å². The van der Waals surface area contributed by atoms with Crippen molar-refractivity contribution in [3.8, 4) is 0 Å². The second-order valence-electron chi connectivity index (χ2n) is 3.80. The Morgan fingerprint density at radius 3 is 2.77 bits per heavy atom. The zero-order valence-electron chi connectivity index (χ0n) is 7.43. The predicted molar refractivity (Wildman–Crippen MR) is 52.6 cm³/mol. The second-order valence-corrected chi connectivity index (χ2v) is 3.80. The van der Waals surface area contributed by atoms with Crippen molar-refractivity contribution >= 4 is 24.1 Å². The summed E-state index contributed by atoms with van der Waals surface area (Å²) in [5, 5.41) is 0. The molecule has 0 aromatic heterocycles. The lowest BCUT2D eigenvalue weighted by Gasteiger charge is -2.13. The number of rotatable bonds is 1. The Hall–Kier alpha value is -0.770. The average molecular weight is 204 g/mol. The lowest BCUT2D eigenvalue weighted by Crippen LogP contribution is -2.22. The van der Waals surface area contributed by atoms with Gasteiger partial charge < -0.3 is 11.5 Å². The Morgan fingerprint density at radius 2 is 2.23 bits per heavy atom. The molecule has 1 heterocycles. The summed E-state index contributed by atoms with van der Waals surface area (Å²) in [7, 11) is 0. The van der Waals surface area contributed by atoms with Gasteiger partial charge >= 0.3 is 0 Å². The summed E-state index contributed by atoms with van der Waals surface area (Å²) >= 11 is 0. The number of amides is 1. The highest BCUT2D eigenvalue weighted by atomic mass is 35.5. The quantitative estimate of drug-likeness (QED) is 0.624. The molecule has 2 rings (SSSR count). The molecule has 4 N–H and O–H groups in total. The number of fused-ring (bicyclic) bond motifs is 1. The van der Waals surface area contributed by atoms with Crippen molar-refractivity contribution in [1.29, 1.82) is 0 Å². The van der Waals surface area contributed by atoms with Crippen LogP contribution in [0.15, 0.2) is 4.99 Å². The summed E-state index contributed by atoms with van der Waals surface area (Å²) in [4.78, 5) is 15.1. The number of nitrogens with zero attached hydrogens (tertiary/aromatic N) is 1. The molecule has 74 valence electrons. The normalized spacial score (nSPS) is 41.2. The molecule has 0 radical (unpaired) electrons. The zero-order chi connectivity index (χ0) is 8.88. The summed E-state index contributed by atoms with van der Waals surface area (Å²) in [5.41, 5.74) is 10.8. The number of primary amides is 1. The van der Waals surface area contributed by atoms with Gasteiger partial charge in [-0.2, -0.15) is 0 Å². The van der Waals surface area contributed by atoms with Crippen LogP contribution < -0.4 is 11.5 Å². The topological polar surface area (TPSA) is 81.5 Å². The Morgan fingerprint density at radius 1 is 1.62 bits per heavy atom. The number of halogens is 1. The molecule has 0 aromatic carbocycles. The van der Waals surface area contributed by atoms with Gasteiger partial charge in [-0.25, -0.2) is 0 Å². The van der Waals surface area contributed by atoms with Crippen molar-refractivity contribution < 1.29 is 4.79 Å². The third-order valence-electron chi connectivity index (χ3n) is 2.87. The molecule has 1 amide bonds. The molecule has 0 aromatic rings. The molecule has 5 heteroatoms. The van der Waals surface area contributed by atoms with Gasteiger partial charge in [0.2, 0.25) is 5.91 Å². The monoisotopic (exact) mass is 203 g/mol. The van der Waals surface area contributed by atoms with Crippen molar-refractivity contribution in [2.75, 3.05) is 0 Å². The van der Waals surface area contributed by atoms with Crippen molar-refractivity contribution in [2.45, 2.75) is 19.4 Å². The first-order valence-electron chi connectivity index (χ1n) is 4.22. The van der Waals surface area contributed by atoms with Crippen LogP contribution in [0.3, 0.4) is 0 Å². The fourth-order valence-electron chi connectivity index (χ4n) is 2.24. The number of aliphatic imine (C=N–C) groups is 1. The smallest absolute Gasteiger partial charge is 0.223 e. The van der Waals surface area contributed by atoms with E-state index in [0.717, 1.165) is 6.42 Å². The molecule has 1 fully saturated rings. The minimum absolute atomic E-state index is 0. The second kappa shape index (κ2) is 3.18. The van der Waals surface area contributed by atoms with Gasteiger partial charge in [-0.15, -0.1) is 12.4 Å². The number of amidine groups is 1. The van der Waals surface area contributed by atoms with Crippen LogP contribution in [-0.2, 0) is 4.79 Å². The predicted octanol–water partition coefficient (Wildman–Crippen LogP) is -0.0949. The largest absolute Gasteiger partial charge is 0.387 e. The maximum Gasteiger partial charge on any atom is 0.223 e. The van der Waals surface area contributed by atoms with E-state index in [1.54, 1.807) is 0 Å². The lowest BCUT2D eigenvalue weighted by atomic mass is 9.98. The van der Waals surface area contributed by atoms with Gasteiger partial charge in [-0.3, -0.25) is 9.79 Å². The number of hydrogen-bond acceptors (Lipinski definition) is 3. The van der Waals surface area contributed by atoms with E-state index < -0.39 is 0 Å². The van der Waals surface area contributed by atoms with Crippen molar-refractivity contribution in [1.82, 2.24) is 0 Å². The Balaban J connectivity index is 0.000000845. The molecule has 1 saturated carbocycles. The summed E-state index contributed by atoms with van der Waals surface area (Å²) < 4.78 is 0. The molecule has 4 nitrogen and oxygen atoms in total. The van der Waals surface area contributed by atoms with E-state index >= 15 is 0 Å². The van der Waals surface area contributed by atoms with E-state index in [-0.39, 0.29) is 30.3 Å². The third-order valence-corrected chi connectivity index (χ3v) is 2.87. The maximum atomic E-state index is 10.9. The van der Waals surface area contributed by atoms with Gasteiger partial charge in [0.25, 0.3) is 0 Å². The van der Waals surface area contributed by atoms with E-state index in [4.69, 9.17) is 11.5 Å². The Kier molecular flexibility index (Phi) is 2.52. The molecule has 4 atom stereocenters. The van der Waals surface area contributed by atoms with Gasteiger partial charge in [0.15, 0.2) is 0 Å². The van der Waals surface area contributed by atoms with Crippen molar-refractivity contribution in [2.24, 2.45) is 34.2 Å². The lowest BCUT2D eigenvalue weighted by molar-refractivity contribution is -0.119. The number of carbonyl (C=O) groups is 1. The minimum atomic E-state index is -0.227. The van der Waals surface area contributed by atoms with Gasteiger partial charge in [0.05, 0.1) is 17.8 Å². The molecule has 2 aliphatic rings. The highest BCUT2D eigenvalue weighted by Crippen LogP contribution is 2.50. The number of hydrogen-bond donors (Lipinski definition) is 2. The molecule has 13 heavy (non-hydrogen) atoms. The maximum absolute atomic E-state index is 10.9. The molecular weight excluding hydrogens is 190 g/mol. The molecular formula is C8H14ClN3O. The Bertz CT molecular complexity index is 266. The van der Waals surface area contributed by atoms with Crippen LogP contribution in [0.4, 0.5) is 0 Å². The van der Waals surface area contributed by atoms with Gasteiger partial charge in [0, 0.05) is 6.42 Å². The van der Waals surface area contributed by atoms with E-state index in [2.05, 4.69) is 11.9 Å². The zero-order valence-corrected chi connectivity index (χ0v) is 8.25. The first-order valence-corrected chi connectivity index (χ1v) is 4.22. The molecule has 0 saturated heterocycles. The number of carbonyl (C=O) groups excluding carboxylic acids is 1. The summed E-state index contributed by atoms with van der Waals surface area (Å²) in [6.07, 6.45) is 0.810. The van der Waals surface area contributed by atoms with Crippen LogP contribution >= 0.6 is 12.4 Å². The fraction of sp³-hybridized carbons (Fsp3) is 0.750. The molecule has 1 aliphatic carbocycles. The van der Waals surface area contributed by atoms with E-state index in [9.17, 15) is 4.79 Å². The fourth-order valence-corrected chi connectivity index (χ4v) is 2.24. The van der Waals surface area contributed by atoms with Gasteiger partial charge in [-0.1, -0.05) is 6.92 Å². The van der Waals surface area contributed by atoms with Crippen LogP contribution in [0, 0.1) is 17.8 Å². The number of nitrogens with two attached hydrogens (primary N) is 2. The Labute approximate surface area is 83.2 Å². The molecule has 1 aliphatic heterocycles. The van der Waals surface area contributed by atoms with Crippen molar-refractivity contribution in [3.63, 3.8) is 0 Å². The summed E-state index contributed by atoms with van der Waals surface area (Å²) in [5.74, 6) is 1.24. The SMILES string of the molecule is C[C@@H]1CC(N)=N[C@H]2[C@H](C(N)=O)[C@H]21.Cl. The highest BCUT2D eigenvalue weighted by Gasteiger charge is 2.58. The summed E-state index contributed by atoms with van der Waals surface area (Å²) in [6.45, 7) is 2.10. The van der Waals surface area contributed by atoms with Crippen LogP contribution in [0.1, 0.15) is 13.3 Å².